The van der Waals surface area contributed by atoms with Crippen LogP contribution in [-0.4, -0.2) is 14.5 Å². The minimum absolute atomic E-state index is 0.109. The smallest absolute Gasteiger partial charge is 0.160 e. The molecule has 0 bridgehead atoms. The van der Waals surface area contributed by atoms with Crippen LogP contribution < -0.4 is 0 Å². The first kappa shape index (κ1) is 14.3. The maximum Gasteiger partial charge on any atom is 0.160 e. The van der Waals surface area contributed by atoms with Gasteiger partial charge in [0, 0.05) is 12.2 Å². The van der Waals surface area contributed by atoms with Crippen LogP contribution in [0, 0.1) is 12.8 Å². The predicted octanol–water partition coefficient (Wildman–Crippen LogP) is 4.65. The summed E-state index contributed by atoms with van der Waals surface area (Å²) in [4.78, 5) is 9.27. The van der Waals surface area contributed by atoms with Gasteiger partial charge in [0.25, 0.3) is 0 Å². The largest absolute Gasteiger partial charge is 0.308 e. The Hall–Kier alpha value is -1.09. The van der Waals surface area contributed by atoms with Crippen molar-refractivity contribution in [1.29, 1.82) is 0 Å². The van der Waals surface area contributed by atoms with E-state index in [0.717, 1.165) is 29.0 Å². The molecule has 0 aliphatic rings. The number of aromatic nitrogens is 3. The van der Waals surface area contributed by atoms with Crippen molar-refractivity contribution in [3.8, 4) is 0 Å². The molecule has 4 heteroatoms. The van der Waals surface area contributed by atoms with Crippen molar-refractivity contribution in [2.45, 2.75) is 52.5 Å². The summed E-state index contributed by atoms with van der Waals surface area (Å²) in [5.41, 5.74) is 3.03. The molecule has 0 saturated carbocycles. The first-order valence-corrected chi connectivity index (χ1v) is 7.37. The monoisotopic (exact) mass is 279 g/mol. The summed E-state index contributed by atoms with van der Waals surface area (Å²) in [7, 11) is 0. The minimum Gasteiger partial charge on any atom is -0.308 e. The summed E-state index contributed by atoms with van der Waals surface area (Å²) in [6.45, 7) is 10.7. The van der Waals surface area contributed by atoms with Crippen LogP contribution in [0.2, 0.25) is 0 Å². The van der Waals surface area contributed by atoms with E-state index < -0.39 is 0 Å². The van der Waals surface area contributed by atoms with E-state index in [1.807, 2.05) is 20.0 Å². The molecule has 0 fully saturated rings. The van der Waals surface area contributed by atoms with Gasteiger partial charge in [-0.2, -0.15) is 0 Å². The molecule has 0 aliphatic heterocycles. The van der Waals surface area contributed by atoms with Crippen LogP contribution in [0.15, 0.2) is 12.3 Å². The highest BCUT2D eigenvalue weighted by Gasteiger charge is 2.23. The van der Waals surface area contributed by atoms with Crippen molar-refractivity contribution in [3.05, 3.63) is 23.7 Å². The zero-order chi connectivity index (χ0) is 14.2. The summed E-state index contributed by atoms with van der Waals surface area (Å²) < 4.78 is 2.23. The lowest BCUT2D eigenvalue weighted by Gasteiger charge is -2.24. The van der Waals surface area contributed by atoms with Crippen LogP contribution in [0.5, 0.6) is 0 Å². The second-order valence-electron chi connectivity index (χ2n) is 5.53. The quantitative estimate of drug-likeness (QED) is 0.763. The van der Waals surface area contributed by atoms with Gasteiger partial charge < -0.3 is 4.57 Å². The van der Waals surface area contributed by atoms with Crippen molar-refractivity contribution < 1.29 is 0 Å². The molecule has 2 rings (SSSR count). The molecule has 0 aromatic carbocycles. The third kappa shape index (κ3) is 2.62. The zero-order valence-electron chi connectivity index (χ0n) is 12.3. The summed E-state index contributed by atoms with van der Waals surface area (Å²) in [5.74, 6) is 1.45. The van der Waals surface area contributed by atoms with Crippen molar-refractivity contribution in [3.63, 3.8) is 0 Å². The number of fused-ring (bicyclic) bond motifs is 1. The topological polar surface area (TPSA) is 30.7 Å². The van der Waals surface area contributed by atoms with Crippen molar-refractivity contribution in [1.82, 2.24) is 14.5 Å². The van der Waals surface area contributed by atoms with Crippen molar-refractivity contribution in [2.24, 2.45) is 5.92 Å². The average Bonchev–Trinajstić information content (AvgIpc) is 2.68. The first-order valence-electron chi connectivity index (χ1n) is 6.94. The molecule has 3 nitrogen and oxygen atoms in total. The van der Waals surface area contributed by atoms with E-state index in [1.54, 1.807) is 0 Å². The Bertz CT molecular complexity index is 572. The van der Waals surface area contributed by atoms with Gasteiger partial charge in [0.05, 0.1) is 5.38 Å². The fourth-order valence-electron chi connectivity index (χ4n) is 2.66. The molecule has 2 unspecified atom stereocenters. The normalized spacial score (nSPS) is 15.1. The number of nitrogens with zero attached hydrogens (tertiary/aromatic N) is 3. The number of aryl methyl sites for hydroxylation is 1. The zero-order valence-corrected chi connectivity index (χ0v) is 13.1. The summed E-state index contributed by atoms with van der Waals surface area (Å²) >= 11 is 6.31. The SMILES string of the molecule is CCC(C(C)C)n1c(C(C)Cl)nc2cc(C)cnc21. The van der Waals surface area contributed by atoms with E-state index in [4.69, 9.17) is 16.6 Å². The lowest BCUT2D eigenvalue weighted by atomic mass is 10.0. The number of halogens is 1. The molecule has 0 N–H and O–H groups in total. The highest BCUT2D eigenvalue weighted by atomic mass is 35.5. The Morgan fingerprint density at radius 1 is 1.32 bits per heavy atom. The molecule has 2 aromatic heterocycles. The van der Waals surface area contributed by atoms with E-state index in [1.165, 1.54) is 0 Å². The first-order chi connectivity index (χ1) is 8.95. The molecule has 0 aliphatic carbocycles. The molecule has 19 heavy (non-hydrogen) atoms. The van der Waals surface area contributed by atoms with Gasteiger partial charge in [0.2, 0.25) is 0 Å². The molecule has 0 saturated heterocycles. The molecular formula is C15H22ClN3. The van der Waals surface area contributed by atoms with Gasteiger partial charge in [-0.15, -0.1) is 11.6 Å². The van der Waals surface area contributed by atoms with Crippen LogP contribution >= 0.6 is 11.6 Å². The fourth-order valence-corrected chi connectivity index (χ4v) is 2.81. The van der Waals surface area contributed by atoms with Gasteiger partial charge in [0.15, 0.2) is 5.65 Å². The molecular weight excluding hydrogens is 258 g/mol. The predicted molar refractivity (Wildman–Crippen MR) is 80.7 cm³/mol. The van der Waals surface area contributed by atoms with Crippen LogP contribution in [0.25, 0.3) is 11.2 Å². The average molecular weight is 280 g/mol. The lowest BCUT2D eigenvalue weighted by molar-refractivity contribution is 0.362. The second-order valence-corrected chi connectivity index (χ2v) is 6.19. The van der Waals surface area contributed by atoms with E-state index in [0.29, 0.717) is 12.0 Å². The molecule has 0 amide bonds. The van der Waals surface area contributed by atoms with Crippen LogP contribution in [0.3, 0.4) is 0 Å². The van der Waals surface area contributed by atoms with E-state index >= 15 is 0 Å². The molecule has 0 radical (unpaired) electrons. The summed E-state index contributed by atoms with van der Waals surface area (Å²) in [6, 6.07) is 2.46. The maximum absolute atomic E-state index is 6.31. The van der Waals surface area contributed by atoms with Crippen molar-refractivity contribution in [2.75, 3.05) is 0 Å². The third-order valence-electron chi connectivity index (χ3n) is 3.57. The Kier molecular flexibility index (Phi) is 4.14. The Morgan fingerprint density at radius 3 is 2.53 bits per heavy atom. The Labute approximate surface area is 120 Å². The number of alkyl halides is 1. The lowest BCUT2D eigenvalue weighted by Crippen LogP contribution is -2.17. The molecule has 104 valence electrons. The Morgan fingerprint density at radius 2 is 2.00 bits per heavy atom. The van der Waals surface area contributed by atoms with Crippen LogP contribution in [-0.2, 0) is 0 Å². The number of hydrogen-bond donors (Lipinski definition) is 0. The van der Waals surface area contributed by atoms with Gasteiger partial charge in [-0.1, -0.05) is 20.8 Å². The summed E-state index contributed by atoms with van der Waals surface area (Å²) in [6.07, 6.45) is 2.95. The van der Waals surface area contributed by atoms with E-state index in [2.05, 4.69) is 36.4 Å². The fraction of sp³-hybridized carbons (Fsp3) is 0.600. The number of pyridine rings is 1. The standard InChI is InChI=1S/C15H22ClN3/c1-6-13(9(2)3)19-14(11(5)16)18-12-7-10(4)8-17-15(12)19/h7-9,11,13H,6H2,1-5H3. The van der Waals surface area contributed by atoms with Gasteiger partial charge in [-0.05, 0) is 37.8 Å². The van der Waals surface area contributed by atoms with E-state index in [9.17, 15) is 0 Å². The minimum atomic E-state index is -0.109. The molecule has 2 aromatic rings. The second kappa shape index (κ2) is 5.49. The maximum atomic E-state index is 6.31. The highest BCUT2D eigenvalue weighted by Crippen LogP contribution is 2.32. The Balaban J connectivity index is 2.71. The molecule has 2 atom stereocenters. The molecule has 0 spiro atoms. The van der Waals surface area contributed by atoms with Gasteiger partial charge in [0.1, 0.15) is 11.3 Å². The van der Waals surface area contributed by atoms with Crippen LogP contribution in [0.4, 0.5) is 0 Å². The molecule has 2 heterocycles. The van der Waals surface area contributed by atoms with Crippen molar-refractivity contribution >= 4 is 22.8 Å². The summed E-state index contributed by atoms with van der Waals surface area (Å²) in [5, 5.41) is -0.109. The van der Waals surface area contributed by atoms with Crippen LogP contribution in [0.1, 0.15) is 56.9 Å². The van der Waals surface area contributed by atoms with Gasteiger partial charge in [-0.3, -0.25) is 0 Å². The number of hydrogen-bond acceptors (Lipinski definition) is 2. The highest BCUT2D eigenvalue weighted by molar-refractivity contribution is 6.20. The number of rotatable bonds is 4. The van der Waals surface area contributed by atoms with Gasteiger partial charge in [-0.25, -0.2) is 9.97 Å². The van der Waals surface area contributed by atoms with Gasteiger partial charge >= 0.3 is 0 Å². The van der Waals surface area contributed by atoms with E-state index in [-0.39, 0.29) is 5.38 Å². The third-order valence-corrected chi connectivity index (χ3v) is 3.76. The number of imidazole rings is 1.